The highest BCUT2D eigenvalue weighted by molar-refractivity contribution is 6.14. The van der Waals surface area contributed by atoms with Crippen LogP contribution in [0.4, 0.5) is 0 Å². The second-order valence-electron chi connectivity index (χ2n) is 6.60. The van der Waals surface area contributed by atoms with E-state index in [0.717, 1.165) is 43.4 Å². The zero-order valence-electron chi connectivity index (χ0n) is 13.3. The molecule has 4 aromatic carbocycles. The van der Waals surface area contributed by atoms with Gasteiger partial charge in [-0.15, -0.1) is 0 Å². The van der Waals surface area contributed by atoms with Crippen LogP contribution in [0.2, 0.25) is 0 Å². The molecule has 3 heteroatoms. The van der Waals surface area contributed by atoms with Gasteiger partial charge in [0.1, 0.15) is 18.0 Å². The summed E-state index contributed by atoms with van der Waals surface area (Å²) in [7, 11) is 0. The monoisotopic (exact) mass is 328 g/mol. The van der Waals surface area contributed by atoms with Crippen molar-refractivity contribution in [1.82, 2.24) is 0 Å². The summed E-state index contributed by atoms with van der Waals surface area (Å²) in [6.45, 7) is 0. The molecule has 2 atom stereocenters. The predicted octanol–water partition coefficient (Wildman–Crippen LogP) is 4.27. The highest BCUT2D eigenvalue weighted by atomic mass is 16.3. The van der Waals surface area contributed by atoms with Gasteiger partial charge >= 0.3 is 0 Å². The molecular formula is C22H16O3. The van der Waals surface area contributed by atoms with Crippen molar-refractivity contribution in [2.24, 2.45) is 0 Å². The molecule has 122 valence electrons. The lowest BCUT2D eigenvalue weighted by atomic mass is 9.87. The molecule has 0 amide bonds. The van der Waals surface area contributed by atoms with Crippen LogP contribution >= 0.6 is 0 Å². The van der Waals surface area contributed by atoms with Crippen molar-refractivity contribution < 1.29 is 15.3 Å². The van der Waals surface area contributed by atoms with Crippen molar-refractivity contribution in [2.45, 2.75) is 12.2 Å². The maximum atomic E-state index is 10.3. The second-order valence-corrected chi connectivity index (χ2v) is 6.60. The Morgan fingerprint density at radius 2 is 1.52 bits per heavy atom. The minimum absolute atomic E-state index is 0.271. The van der Waals surface area contributed by atoms with Crippen LogP contribution in [-0.2, 0) is 0 Å². The number of aliphatic hydroxyl groups excluding tert-OH is 2. The van der Waals surface area contributed by atoms with Crippen molar-refractivity contribution >= 4 is 38.4 Å². The largest absolute Gasteiger partial charge is 0.507 e. The molecular weight excluding hydrogens is 312 g/mol. The Labute approximate surface area is 144 Å². The Bertz CT molecular complexity index is 1190. The number of fused-ring (bicyclic) bond motifs is 6. The fourth-order valence-corrected chi connectivity index (χ4v) is 3.87. The van der Waals surface area contributed by atoms with Gasteiger partial charge < -0.3 is 15.3 Å². The average Bonchev–Trinajstić information content (AvgIpc) is 2.63. The van der Waals surface area contributed by atoms with Crippen LogP contribution in [0.3, 0.4) is 0 Å². The van der Waals surface area contributed by atoms with Gasteiger partial charge in [-0.1, -0.05) is 48.6 Å². The predicted molar refractivity (Wildman–Crippen MR) is 101 cm³/mol. The molecule has 0 saturated carbocycles. The van der Waals surface area contributed by atoms with Gasteiger partial charge in [-0.2, -0.15) is 0 Å². The van der Waals surface area contributed by atoms with Gasteiger partial charge in [0, 0.05) is 5.39 Å². The molecule has 0 fully saturated rings. The Balaban J connectivity index is 1.93. The van der Waals surface area contributed by atoms with Gasteiger partial charge in [-0.05, 0) is 56.3 Å². The first kappa shape index (κ1) is 14.5. The number of aliphatic hydroxyl groups is 2. The first-order chi connectivity index (χ1) is 12.1. The van der Waals surface area contributed by atoms with E-state index in [2.05, 4.69) is 12.1 Å². The van der Waals surface area contributed by atoms with Crippen LogP contribution in [-0.4, -0.2) is 21.4 Å². The van der Waals surface area contributed by atoms with E-state index in [0.29, 0.717) is 0 Å². The molecule has 25 heavy (non-hydrogen) atoms. The standard InChI is InChI=1S/C22H16O3/c23-20-3-1-2-14-16(20)6-4-12-10-13-5-7-17-15(19(13)11-18(12)14)8-9-21(24)22(17)25/h1-11,21-25H/t21-,22-/m0/s1. The van der Waals surface area contributed by atoms with E-state index in [1.165, 1.54) is 0 Å². The smallest absolute Gasteiger partial charge is 0.123 e. The molecule has 0 unspecified atom stereocenters. The van der Waals surface area contributed by atoms with Crippen LogP contribution in [0.5, 0.6) is 5.75 Å². The molecule has 0 aliphatic heterocycles. The fraction of sp³-hybridized carbons (Fsp3) is 0.0909. The van der Waals surface area contributed by atoms with Gasteiger partial charge in [0.05, 0.1) is 0 Å². The lowest BCUT2D eigenvalue weighted by Crippen LogP contribution is -2.19. The first-order valence-corrected chi connectivity index (χ1v) is 8.29. The van der Waals surface area contributed by atoms with E-state index in [9.17, 15) is 15.3 Å². The van der Waals surface area contributed by atoms with Crippen molar-refractivity contribution in [3.8, 4) is 5.75 Å². The number of benzene rings is 4. The minimum Gasteiger partial charge on any atom is -0.507 e. The van der Waals surface area contributed by atoms with Crippen molar-refractivity contribution in [1.29, 1.82) is 0 Å². The highest BCUT2D eigenvalue weighted by Gasteiger charge is 2.23. The SMILES string of the molecule is Oc1cccc2c1ccc1cc3ccc4c(c3cc12)C=C[C@H](O)[C@H]4O. The third-order valence-electron chi connectivity index (χ3n) is 5.17. The highest BCUT2D eigenvalue weighted by Crippen LogP contribution is 2.38. The van der Waals surface area contributed by atoms with Crippen LogP contribution in [0.25, 0.3) is 38.4 Å². The normalized spacial score (nSPS) is 19.6. The van der Waals surface area contributed by atoms with E-state index < -0.39 is 12.2 Å². The molecule has 0 radical (unpaired) electrons. The molecule has 0 aromatic heterocycles. The molecule has 4 aromatic rings. The van der Waals surface area contributed by atoms with Crippen LogP contribution in [0.1, 0.15) is 17.2 Å². The van der Waals surface area contributed by atoms with Crippen molar-refractivity contribution in [3.63, 3.8) is 0 Å². The summed E-state index contributed by atoms with van der Waals surface area (Å²) in [5.74, 6) is 0.271. The molecule has 5 rings (SSSR count). The van der Waals surface area contributed by atoms with E-state index in [1.807, 2.05) is 42.5 Å². The molecule has 0 saturated heterocycles. The van der Waals surface area contributed by atoms with E-state index in [1.54, 1.807) is 12.1 Å². The molecule has 1 aliphatic rings. The van der Waals surface area contributed by atoms with Gasteiger partial charge in [0.25, 0.3) is 0 Å². The summed E-state index contributed by atoms with van der Waals surface area (Å²) >= 11 is 0. The fourth-order valence-electron chi connectivity index (χ4n) is 3.87. The molecule has 3 nitrogen and oxygen atoms in total. The average molecular weight is 328 g/mol. The number of aromatic hydroxyl groups is 1. The first-order valence-electron chi connectivity index (χ1n) is 8.29. The number of hydrogen-bond donors (Lipinski definition) is 3. The summed E-state index contributed by atoms with van der Waals surface area (Å²) in [5.41, 5.74) is 1.68. The quantitative estimate of drug-likeness (QED) is 0.334. The zero-order valence-corrected chi connectivity index (χ0v) is 13.3. The Kier molecular flexibility index (Phi) is 2.93. The Morgan fingerprint density at radius 1 is 0.720 bits per heavy atom. The molecule has 1 aliphatic carbocycles. The van der Waals surface area contributed by atoms with E-state index in [-0.39, 0.29) is 5.75 Å². The second kappa shape index (κ2) is 5.06. The van der Waals surface area contributed by atoms with Crippen LogP contribution in [0, 0.1) is 0 Å². The summed E-state index contributed by atoms with van der Waals surface area (Å²) in [6.07, 6.45) is 1.73. The maximum Gasteiger partial charge on any atom is 0.123 e. The van der Waals surface area contributed by atoms with Gasteiger partial charge in [-0.25, -0.2) is 0 Å². The number of rotatable bonds is 0. The third kappa shape index (κ3) is 2.00. The van der Waals surface area contributed by atoms with Gasteiger partial charge in [0.15, 0.2) is 0 Å². The number of hydrogen-bond acceptors (Lipinski definition) is 3. The van der Waals surface area contributed by atoms with E-state index >= 15 is 0 Å². The third-order valence-corrected chi connectivity index (χ3v) is 5.17. The zero-order chi connectivity index (χ0) is 17.1. The lowest BCUT2D eigenvalue weighted by Gasteiger charge is -2.23. The van der Waals surface area contributed by atoms with Gasteiger partial charge in [-0.3, -0.25) is 0 Å². The Hall–Kier alpha value is -2.88. The summed E-state index contributed by atoms with van der Waals surface area (Å²) in [5, 5.41) is 36.4. The topological polar surface area (TPSA) is 60.7 Å². The molecule has 0 heterocycles. The summed E-state index contributed by atoms with van der Waals surface area (Å²) in [4.78, 5) is 0. The van der Waals surface area contributed by atoms with E-state index in [4.69, 9.17) is 0 Å². The van der Waals surface area contributed by atoms with Crippen molar-refractivity contribution in [2.75, 3.05) is 0 Å². The lowest BCUT2D eigenvalue weighted by molar-refractivity contribution is 0.0471. The number of phenolic OH excluding ortho intramolecular Hbond substituents is 1. The summed E-state index contributed by atoms with van der Waals surface area (Å²) in [6, 6.07) is 17.6. The molecule has 0 bridgehead atoms. The van der Waals surface area contributed by atoms with Crippen LogP contribution < -0.4 is 0 Å². The maximum absolute atomic E-state index is 10.3. The van der Waals surface area contributed by atoms with Gasteiger partial charge in [0.2, 0.25) is 0 Å². The Morgan fingerprint density at radius 3 is 2.40 bits per heavy atom. The van der Waals surface area contributed by atoms with Crippen LogP contribution in [0.15, 0.2) is 60.7 Å². The minimum atomic E-state index is -0.906. The number of phenols is 1. The van der Waals surface area contributed by atoms with Crippen molar-refractivity contribution in [3.05, 3.63) is 71.8 Å². The molecule has 0 spiro atoms. The molecule has 3 N–H and O–H groups in total. The summed E-state index contributed by atoms with van der Waals surface area (Å²) < 4.78 is 0.